The summed E-state index contributed by atoms with van der Waals surface area (Å²) in [6.45, 7) is 7.97. The van der Waals surface area contributed by atoms with Crippen molar-refractivity contribution in [1.82, 2.24) is 14.9 Å². The molecule has 1 aliphatic heterocycles. The van der Waals surface area contributed by atoms with Crippen LogP contribution in [0.5, 0.6) is 0 Å². The van der Waals surface area contributed by atoms with Crippen LogP contribution >= 0.6 is 48.6 Å². The van der Waals surface area contributed by atoms with Gasteiger partial charge in [-0.1, -0.05) is 6.07 Å². The van der Waals surface area contributed by atoms with E-state index >= 15 is 0 Å². The standard InChI is InChI=1S/C17H24N6OS.3ClH/c1-17(2,18)15(24)21-16-20-13(12-25-16)11-22-7-9-23(10-8-22)14-5-3-4-6-19-14;;;/h3-6,12H,7-11,18H2,1-2H3,(H,20,21,24);3*1H. The molecule has 0 radical (unpaired) electrons. The number of carbonyl (C=O) groups is 1. The van der Waals surface area contributed by atoms with Crippen molar-refractivity contribution in [3.8, 4) is 0 Å². The number of hydrogen-bond acceptors (Lipinski definition) is 7. The molecule has 0 unspecified atom stereocenters. The fourth-order valence-corrected chi connectivity index (χ4v) is 3.30. The van der Waals surface area contributed by atoms with Gasteiger partial charge in [-0.05, 0) is 26.0 Å². The van der Waals surface area contributed by atoms with Crippen LogP contribution in [0.2, 0.25) is 0 Å². The fourth-order valence-electron chi connectivity index (χ4n) is 2.60. The summed E-state index contributed by atoms with van der Waals surface area (Å²) in [5.74, 6) is 0.808. The molecule has 1 aliphatic rings. The van der Waals surface area contributed by atoms with Gasteiger partial charge in [0.25, 0.3) is 0 Å². The second kappa shape index (κ2) is 11.7. The zero-order valence-corrected chi connectivity index (χ0v) is 19.1. The van der Waals surface area contributed by atoms with E-state index in [-0.39, 0.29) is 43.1 Å². The number of rotatable bonds is 5. The van der Waals surface area contributed by atoms with Gasteiger partial charge in [0.1, 0.15) is 5.82 Å². The van der Waals surface area contributed by atoms with Gasteiger partial charge in [-0.3, -0.25) is 9.69 Å². The van der Waals surface area contributed by atoms with Crippen LogP contribution in [0.15, 0.2) is 29.8 Å². The van der Waals surface area contributed by atoms with Gasteiger partial charge in [0.15, 0.2) is 5.13 Å². The van der Waals surface area contributed by atoms with Crippen LogP contribution in [0, 0.1) is 0 Å². The Balaban J connectivity index is 0.00000243. The number of hydrogen-bond donors (Lipinski definition) is 2. The van der Waals surface area contributed by atoms with E-state index in [0.717, 1.165) is 44.2 Å². The van der Waals surface area contributed by atoms with E-state index in [2.05, 4.69) is 25.1 Å². The molecule has 3 rings (SSSR count). The number of piperazine rings is 1. The van der Waals surface area contributed by atoms with Crippen molar-refractivity contribution in [3.05, 3.63) is 35.5 Å². The predicted molar refractivity (Wildman–Crippen MR) is 122 cm³/mol. The lowest BCUT2D eigenvalue weighted by Crippen LogP contribution is -2.46. The number of pyridine rings is 1. The van der Waals surface area contributed by atoms with Crippen LogP contribution in [0.25, 0.3) is 0 Å². The van der Waals surface area contributed by atoms with E-state index in [0.29, 0.717) is 5.13 Å². The minimum atomic E-state index is -0.909. The molecule has 0 aromatic carbocycles. The number of thiazole rings is 1. The fraction of sp³-hybridized carbons (Fsp3) is 0.471. The molecule has 0 bridgehead atoms. The van der Waals surface area contributed by atoms with E-state index < -0.39 is 5.54 Å². The number of nitrogens with one attached hydrogen (secondary N) is 1. The van der Waals surface area contributed by atoms with Crippen LogP contribution in [0.4, 0.5) is 10.9 Å². The van der Waals surface area contributed by atoms with Crippen molar-refractivity contribution < 1.29 is 4.79 Å². The summed E-state index contributed by atoms with van der Waals surface area (Å²) in [5.41, 5.74) is 5.86. The number of nitrogens with two attached hydrogens (primary N) is 1. The smallest absolute Gasteiger partial charge is 0.245 e. The van der Waals surface area contributed by atoms with Crippen LogP contribution in [-0.2, 0) is 11.3 Å². The summed E-state index contributed by atoms with van der Waals surface area (Å²) < 4.78 is 0. The molecule has 3 N–H and O–H groups in total. The summed E-state index contributed by atoms with van der Waals surface area (Å²) >= 11 is 1.43. The summed E-state index contributed by atoms with van der Waals surface area (Å²) in [5, 5.41) is 5.37. The van der Waals surface area contributed by atoms with Crippen molar-refractivity contribution in [2.24, 2.45) is 5.73 Å². The second-order valence-corrected chi connectivity index (χ2v) is 7.63. The van der Waals surface area contributed by atoms with Gasteiger partial charge in [0, 0.05) is 44.3 Å². The summed E-state index contributed by atoms with van der Waals surface area (Å²) in [6, 6.07) is 6.00. The minimum Gasteiger partial charge on any atom is -0.354 e. The highest BCUT2D eigenvalue weighted by Gasteiger charge is 2.23. The van der Waals surface area contributed by atoms with E-state index in [1.807, 2.05) is 29.8 Å². The molecular formula is C17H27Cl3N6OS. The molecule has 3 heterocycles. The molecule has 2 aromatic rings. The van der Waals surface area contributed by atoms with E-state index in [4.69, 9.17) is 5.73 Å². The third-order valence-electron chi connectivity index (χ3n) is 4.09. The normalized spacial score (nSPS) is 14.3. The Bertz CT molecular complexity index is 717. The summed E-state index contributed by atoms with van der Waals surface area (Å²) in [7, 11) is 0. The molecule has 1 fully saturated rings. The Hall–Kier alpha value is -1.16. The van der Waals surface area contributed by atoms with Gasteiger partial charge in [-0.15, -0.1) is 48.6 Å². The molecular weight excluding hydrogens is 443 g/mol. The lowest BCUT2D eigenvalue weighted by Gasteiger charge is -2.35. The molecule has 28 heavy (non-hydrogen) atoms. The number of halogens is 3. The molecule has 11 heteroatoms. The van der Waals surface area contributed by atoms with Gasteiger partial charge in [0.05, 0.1) is 11.2 Å². The van der Waals surface area contributed by atoms with Crippen LogP contribution in [0.3, 0.4) is 0 Å². The Morgan fingerprint density at radius 3 is 2.46 bits per heavy atom. The van der Waals surface area contributed by atoms with Crippen LogP contribution in [-0.4, -0.2) is 52.5 Å². The van der Waals surface area contributed by atoms with Crippen LogP contribution < -0.4 is 16.0 Å². The van der Waals surface area contributed by atoms with Crippen molar-refractivity contribution >= 4 is 65.4 Å². The summed E-state index contributed by atoms with van der Waals surface area (Å²) in [6.07, 6.45) is 1.83. The number of aromatic nitrogens is 2. The molecule has 0 aliphatic carbocycles. The second-order valence-electron chi connectivity index (χ2n) is 6.77. The minimum absolute atomic E-state index is 0. The maximum Gasteiger partial charge on any atom is 0.245 e. The monoisotopic (exact) mass is 468 g/mol. The number of amides is 1. The van der Waals surface area contributed by atoms with Crippen LogP contribution in [0.1, 0.15) is 19.5 Å². The Morgan fingerprint density at radius 2 is 1.89 bits per heavy atom. The molecule has 1 saturated heterocycles. The third-order valence-corrected chi connectivity index (χ3v) is 4.90. The first-order valence-electron chi connectivity index (χ1n) is 8.35. The first kappa shape index (κ1) is 26.8. The zero-order valence-electron chi connectivity index (χ0n) is 15.8. The largest absolute Gasteiger partial charge is 0.354 e. The first-order valence-corrected chi connectivity index (χ1v) is 9.23. The molecule has 0 spiro atoms. The number of anilines is 2. The average molecular weight is 470 g/mol. The molecule has 0 saturated carbocycles. The lowest BCUT2D eigenvalue weighted by atomic mass is 10.1. The number of carbonyl (C=O) groups excluding carboxylic acids is 1. The van der Waals surface area contributed by atoms with E-state index in [9.17, 15) is 4.79 Å². The molecule has 2 aromatic heterocycles. The Kier molecular flexibility index (Phi) is 11.3. The van der Waals surface area contributed by atoms with E-state index in [1.165, 1.54) is 11.3 Å². The highest BCUT2D eigenvalue weighted by molar-refractivity contribution is 7.13. The maximum atomic E-state index is 11.9. The molecule has 1 amide bonds. The Morgan fingerprint density at radius 1 is 1.21 bits per heavy atom. The Labute approximate surface area is 188 Å². The summed E-state index contributed by atoms with van der Waals surface area (Å²) in [4.78, 5) is 25.5. The van der Waals surface area contributed by atoms with Crippen molar-refractivity contribution in [2.45, 2.75) is 25.9 Å². The zero-order chi connectivity index (χ0) is 17.9. The quantitative estimate of drug-likeness (QED) is 0.700. The van der Waals surface area contributed by atoms with Gasteiger partial charge in [0.2, 0.25) is 5.91 Å². The van der Waals surface area contributed by atoms with Gasteiger partial charge in [-0.2, -0.15) is 0 Å². The van der Waals surface area contributed by atoms with Gasteiger partial charge in [-0.25, -0.2) is 9.97 Å². The third kappa shape index (κ3) is 7.35. The number of nitrogens with zero attached hydrogens (tertiary/aromatic N) is 4. The highest BCUT2D eigenvalue weighted by atomic mass is 35.5. The molecule has 7 nitrogen and oxygen atoms in total. The molecule has 0 atom stereocenters. The molecule has 158 valence electrons. The van der Waals surface area contributed by atoms with E-state index in [1.54, 1.807) is 13.8 Å². The van der Waals surface area contributed by atoms with Gasteiger partial charge >= 0.3 is 0 Å². The lowest BCUT2D eigenvalue weighted by molar-refractivity contribution is -0.120. The van der Waals surface area contributed by atoms with Gasteiger partial charge < -0.3 is 16.0 Å². The average Bonchev–Trinajstić information content (AvgIpc) is 3.02. The highest BCUT2D eigenvalue weighted by Crippen LogP contribution is 2.19. The topological polar surface area (TPSA) is 87.4 Å². The van der Waals surface area contributed by atoms with Crippen molar-refractivity contribution in [1.29, 1.82) is 0 Å². The SMILES string of the molecule is CC(C)(N)C(=O)Nc1nc(CN2CCN(c3ccccn3)CC2)cs1.Cl.Cl.Cl. The maximum absolute atomic E-state index is 11.9. The predicted octanol–water partition coefficient (Wildman–Crippen LogP) is 2.80. The van der Waals surface area contributed by atoms with Crippen molar-refractivity contribution in [3.63, 3.8) is 0 Å². The first-order chi connectivity index (χ1) is 11.9. The van der Waals surface area contributed by atoms with Crippen molar-refractivity contribution in [2.75, 3.05) is 36.4 Å².